The molecule has 0 bridgehead atoms. The molecule has 0 saturated carbocycles. The zero-order valence-electron chi connectivity index (χ0n) is 11.5. The first-order valence-electron chi connectivity index (χ1n) is 6.37. The molecule has 1 atom stereocenters. The lowest BCUT2D eigenvalue weighted by atomic mass is 10.1. The van der Waals surface area contributed by atoms with Crippen LogP contribution in [0.2, 0.25) is 5.02 Å². The van der Waals surface area contributed by atoms with E-state index in [4.69, 9.17) is 16.3 Å². The second-order valence-electron chi connectivity index (χ2n) is 4.28. The normalized spacial score (nSPS) is 11.7. The van der Waals surface area contributed by atoms with Crippen molar-refractivity contribution in [2.45, 2.75) is 13.0 Å². The first kappa shape index (κ1) is 15.5. The van der Waals surface area contributed by atoms with Crippen LogP contribution in [0.4, 0.5) is 5.13 Å². The van der Waals surface area contributed by atoms with Crippen LogP contribution in [0, 0.1) is 0 Å². The van der Waals surface area contributed by atoms with Gasteiger partial charge in [0.2, 0.25) is 0 Å². The van der Waals surface area contributed by atoms with Gasteiger partial charge >= 0.3 is 5.97 Å². The minimum atomic E-state index is -0.467. The molecular weight excluding hydrogens is 308 g/mol. The van der Waals surface area contributed by atoms with Crippen LogP contribution in [0.3, 0.4) is 0 Å². The van der Waals surface area contributed by atoms with E-state index in [9.17, 15) is 4.79 Å². The number of ether oxygens (including phenoxy) is 1. The van der Waals surface area contributed by atoms with Gasteiger partial charge in [0.05, 0.1) is 0 Å². The molecule has 0 aliphatic rings. The largest absolute Gasteiger partial charge is 0.453 e. The molecule has 0 aliphatic heterocycles. The van der Waals surface area contributed by atoms with Gasteiger partial charge in [-0.3, -0.25) is 0 Å². The number of nitrogens with zero attached hydrogens (tertiary/aromatic N) is 1. The summed E-state index contributed by atoms with van der Waals surface area (Å²) in [4.78, 5) is 16.2. The molecule has 1 aromatic carbocycles. The summed E-state index contributed by atoms with van der Waals surface area (Å²) in [6.45, 7) is 5.98. The van der Waals surface area contributed by atoms with Crippen molar-refractivity contribution in [3.05, 3.63) is 58.6 Å². The fourth-order valence-electron chi connectivity index (χ4n) is 1.70. The minimum Gasteiger partial charge on any atom is -0.453 e. The highest BCUT2D eigenvalue weighted by atomic mass is 35.5. The van der Waals surface area contributed by atoms with Crippen LogP contribution in [0.25, 0.3) is 0 Å². The maximum absolute atomic E-state index is 12.1. The molecule has 0 fully saturated rings. The Morgan fingerprint density at radius 1 is 1.57 bits per heavy atom. The highest BCUT2D eigenvalue weighted by molar-refractivity contribution is 7.13. The highest BCUT2D eigenvalue weighted by Gasteiger charge is 2.18. The number of nitrogens with one attached hydrogen (secondary N) is 1. The summed E-state index contributed by atoms with van der Waals surface area (Å²) in [6, 6.07) is 7.28. The van der Waals surface area contributed by atoms with Gasteiger partial charge in [0.1, 0.15) is 6.10 Å². The van der Waals surface area contributed by atoms with Crippen molar-refractivity contribution in [3.8, 4) is 0 Å². The molecule has 1 unspecified atom stereocenters. The van der Waals surface area contributed by atoms with E-state index >= 15 is 0 Å². The summed E-state index contributed by atoms with van der Waals surface area (Å²) in [5.74, 6) is -0.467. The summed E-state index contributed by atoms with van der Waals surface area (Å²) in [5, 5.41) is 5.92. The zero-order valence-corrected chi connectivity index (χ0v) is 13.1. The van der Waals surface area contributed by atoms with E-state index < -0.39 is 12.1 Å². The third-order valence-electron chi connectivity index (χ3n) is 2.74. The van der Waals surface area contributed by atoms with Crippen LogP contribution < -0.4 is 5.32 Å². The number of hydrogen-bond donors (Lipinski definition) is 1. The van der Waals surface area contributed by atoms with Crippen molar-refractivity contribution < 1.29 is 9.53 Å². The molecule has 0 radical (unpaired) electrons. The standard InChI is InChI=1S/C15H15ClN2O2S/c1-3-8-17-15-18-13(9-21-15)14(19)20-10(2)11-6-4-5-7-12(11)16/h3-7,9-10H,1,8H2,2H3,(H,17,18). The molecule has 1 aromatic heterocycles. The van der Waals surface area contributed by atoms with Crippen molar-refractivity contribution in [1.29, 1.82) is 0 Å². The van der Waals surface area contributed by atoms with Gasteiger partial charge in [0, 0.05) is 22.5 Å². The number of esters is 1. The average molecular weight is 323 g/mol. The number of carbonyl (C=O) groups excluding carboxylic acids is 1. The Morgan fingerprint density at radius 3 is 3.05 bits per heavy atom. The Kier molecular flexibility index (Phi) is 5.36. The number of aromatic nitrogens is 1. The number of halogens is 1. The Morgan fingerprint density at radius 2 is 2.33 bits per heavy atom. The number of thiazole rings is 1. The Balaban J connectivity index is 2.02. The summed E-state index contributed by atoms with van der Waals surface area (Å²) in [7, 11) is 0. The molecule has 110 valence electrons. The predicted molar refractivity (Wildman–Crippen MR) is 86.1 cm³/mol. The van der Waals surface area contributed by atoms with Crippen molar-refractivity contribution in [3.63, 3.8) is 0 Å². The smallest absolute Gasteiger partial charge is 0.358 e. The molecule has 0 saturated heterocycles. The van der Waals surface area contributed by atoms with Crippen molar-refractivity contribution >= 4 is 34.0 Å². The van der Waals surface area contributed by atoms with Gasteiger partial charge < -0.3 is 10.1 Å². The quantitative estimate of drug-likeness (QED) is 0.636. The van der Waals surface area contributed by atoms with Gasteiger partial charge in [-0.15, -0.1) is 17.9 Å². The molecule has 6 heteroatoms. The van der Waals surface area contributed by atoms with Crippen molar-refractivity contribution in [1.82, 2.24) is 4.98 Å². The van der Waals surface area contributed by atoms with Crippen molar-refractivity contribution in [2.75, 3.05) is 11.9 Å². The number of rotatable bonds is 6. The van der Waals surface area contributed by atoms with E-state index in [-0.39, 0.29) is 5.69 Å². The molecular formula is C15H15ClN2O2S. The molecule has 2 rings (SSSR count). The highest BCUT2D eigenvalue weighted by Crippen LogP contribution is 2.26. The topological polar surface area (TPSA) is 51.2 Å². The third-order valence-corrected chi connectivity index (χ3v) is 3.88. The summed E-state index contributed by atoms with van der Waals surface area (Å²) in [5.41, 5.74) is 1.05. The Labute approximate surface area is 132 Å². The third kappa shape index (κ3) is 4.06. The van der Waals surface area contributed by atoms with Crippen LogP contribution in [0.15, 0.2) is 42.3 Å². The minimum absolute atomic E-state index is 0.283. The number of benzene rings is 1. The fourth-order valence-corrected chi connectivity index (χ4v) is 2.68. The molecule has 0 amide bonds. The van der Waals surface area contributed by atoms with Crippen LogP contribution in [-0.2, 0) is 4.74 Å². The van der Waals surface area contributed by atoms with E-state index in [0.29, 0.717) is 16.7 Å². The number of carbonyl (C=O) groups is 1. The molecule has 1 N–H and O–H groups in total. The van der Waals surface area contributed by atoms with Crippen LogP contribution in [0.5, 0.6) is 0 Å². The van der Waals surface area contributed by atoms with E-state index in [1.54, 1.807) is 24.4 Å². The number of hydrogen-bond acceptors (Lipinski definition) is 5. The lowest BCUT2D eigenvalue weighted by Gasteiger charge is -2.13. The fraction of sp³-hybridized carbons (Fsp3) is 0.200. The lowest BCUT2D eigenvalue weighted by molar-refractivity contribution is 0.0332. The first-order valence-corrected chi connectivity index (χ1v) is 7.63. The molecule has 0 spiro atoms. The summed E-state index contributed by atoms with van der Waals surface area (Å²) >= 11 is 7.43. The van der Waals surface area contributed by atoms with E-state index in [0.717, 1.165) is 5.56 Å². The van der Waals surface area contributed by atoms with E-state index in [1.807, 2.05) is 18.2 Å². The Bertz CT molecular complexity index is 642. The van der Waals surface area contributed by atoms with Crippen molar-refractivity contribution in [2.24, 2.45) is 0 Å². The maximum Gasteiger partial charge on any atom is 0.358 e. The van der Waals surface area contributed by atoms with Gasteiger partial charge in [0.15, 0.2) is 10.8 Å². The maximum atomic E-state index is 12.1. The van der Waals surface area contributed by atoms with E-state index in [1.165, 1.54) is 11.3 Å². The van der Waals surface area contributed by atoms with E-state index in [2.05, 4.69) is 16.9 Å². The molecule has 4 nitrogen and oxygen atoms in total. The molecule has 0 aliphatic carbocycles. The lowest BCUT2D eigenvalue weighted by Crippen LogP contribution is -2.10. The Hall–Kier alpha value is -1.85. The van der Waals surface area contributed by atoms with Gasteiger partial charge in [0.25, 0.3) is 0 Å². The van der Waals surface area contributed by atoms with Gasteiger partial charge in [-0.1, -0.05) is 35.9 Å². The summed E-state index contributed by atoms with van der Waals surface area (Å²) < 4.78 is 5.39. The van der Waals surface area contributed by atoms with Gasteiger partial charge in [-0.25, -0.2) is 9.78 Å². The number of anilines is 1. The zero-order chi connectivity index (χ0) is 15.2. The van der Waals surface area contributed by atoms with Gasteiger partial charge in [-0.2, -0.15) is 0 Å². The molecule has 1 heterocycles. The monoisotopic (exact) mass is 322 g/mol. The van der Waals surface area contributed by atoms with Crippen LogP contribution in [0.1, 0.15) is 29.1 Å². The SMILES string of the molecule is C=CCNc1nc(C(=O)OC(C)c2ccccc2Cl)cs1. The van der Waals surface area contributed by atoms with Gasteiger partial charge in [-0.05, 0) is 13.0 Å². The van der Waals surface area contributed by atoms with Crippen LogP contribution >= 0.6 is 22.9 Å². The predicted octanol–water partition coefficient (Wildman–Crippen LogP) is 4.31. The second-order valence-corrected chi connectivity index (χ2v) is 5.54. The second kappa shape index (κ2) is 7.24. The average Bonchev–Trinajstić information content (AvgIpc) is 2.94. The molecule has 2 aromatic rings. The summed E-state index contributed by atoms with van der Waals surface area (Å²) in [6.07, 6.45) is 1.29. The van der Waals surface area contributed by atoms with Crippen LogP contribution in [-0.4, -0.2) is 17.5 Å². The molecule has 21 heavy (non-hydrogen) atoms. The first-order chi connectivity index (χ1) is 10.1.